The average molecular weight is 338 g/mol. The number of aromatic nitrogens is 4. The van der Waals surface area contributed by atoms with E-state index in [-0.39, 0.29) is 5.56 Å². The number of rotatable bonds is 3. The first-order valence-electron chi connectivity index (χ1n) is 8.79. The summed E-state index contributed by atoms with van der Waals surface area (Å²) >= 11 is 0. The molecule has 2 aromatic heterocycles. The molecule has 0 amide bonds. The molecule has 6 heteroatoms. The zero-order valence-electron chi connectivity index (χ0n) is 14.6. The zero-order chi connectivity index (χ0) is 17.4. The minimum absolute atomic E-state index is 0.125. The maximum atomic E-state index is 12.9. The van der Waals surface area contributed by atoms with Crippen LogP contribution in [0.5, 0.6) is 5.75 Å². The second kappa shape index (κ2) is 6.35. The van der Waals surface area contributed by atoms with E-state index < -0.39 is 0 Å². The SMILES string of the molecule is COc1ccccc1-c1nc2c(c(C3CCCCC3)nn2C)c(=O)[nH]1. The fourth-order valence-electron chi connectivity index (χ4n) is 3.81. The molecule has 0 aliphatic heterocycles. The van der Waals surface area contributed by atoms with Crippen LogP contribution in [0, 0.1) is 0 Å². The summed E-state index contributed by atoms with van der Waals surface area (Å²) in [5.41, 5.74) is 2.17. The number of aromatic amines is 1. The van der Waals surface area contributed by atoms with Gasteiger partial charge in [-0.2, -0.15) is 5.10 Å². The van der Waals surface area contributed by atoms with Crippen molar-refractivity contribution in [3.05, 3.63) is 40.3 Å². The molecule has 0 saturated heterocycles. The van der Waals surface area contributed by atoms with E-state index in [1.165, 1.54) is 19.3 Å². The second-order valence-electron chi connectivity index (χ2n) is 6.66. The smallest absolute Gasteiger partial charge is 0.262 e. The van der Waals surface area contributed by atoms with Gasteiger partial charge in [0.15, 0.2) is 5.65 Å². The van der Waals surface area contributed by atoms with Gasteiger partial charge in [0.25, 0.3) is 5.56 Å². The molecule has 3 aromatic rings. The van der Waals surface area contributed by atoms with Gasteiger partial charge in [-0.15, -0.1) is 0 Å². The van der Waals surface area contributed by atoms with Gasteiger partial charge in [0.1, 0.15) is 17.0 Å². The van der Waals surface area contributed by atoms with Gasteiger partial charge in [0.2, 0.25) is 0 Å². The van der Waals surface area contributed by atoms with Crippen molar-refractivity contribution in [1.82, 2.24) is 19.7 Å². The Morgan fingerprint density at radius 1 is 1.20 bits per heavy atom. The molecule has 1 aliphatic rings. The minimum atomic E-state index is -0.125. The highest BCUT2D eigenvalue weighted by atomic mass is 16.5. The lowest BCUT2D eigenvalue weighted by atomic mass is 9.86. The number of hydrogen-bond acceptors (Lipinski definition) is 4. The highest BCUT2D eigenvalue weighted by Gasteiger charge is 2.24. The topological polar surface area (TPSA) is 72.8 Å². The molecule has 1 fully saturated rings. The van der Waals surface area contributed by atoms with Crippen molar-refractivity contribution in [1.29, 1.82) is 0 Å². The van der Waals surface area contributed by atoms with Gasteiger partial charge < -0.3 is 9.72 Å². The van der Waals surface area contributed by atoms with Crippen molar-refractivity contribution >= 4 is 11.0 Å². The molecule has 0 spiro atoms. The molecule has 130 valence electrons. The van der Waals surface area contributed by atoms with E-state index in [9.17, 15) is 4.79 Å². The molecular formula is C19H22N4O2. The highest BCUT2D eigenvalue weighted by molar-refractivity contribution is 5.80. The molecule has 0 atom stereocenters. The Morgan fingerprint density at radius 3 is 2.72 bits per heavy atom. The second-order valence-corrected chi connectivity index (χ2v) is 6.66. The van der Waals surface area contributed by atoms with Crippen molar-refractivity contribution in [2.75, 3.05) is 7.11 Å². The fraction of sp³-hybridized carbons (Fsp3) is 0.421. The third kappa shape index (κ3) is 2.71. The molecular weight excluding hydrogens is 316 g/mol. The summed E-state index contributed by atoms with van der Waals surface area (Å²) in [5, 5.41) is 5.29. The number of hydrogen-bond donors (Lipinski definition) is 1. The standard InChI is InChI=1S/C19H22N4O2/c1-23-18-15(16(22-23)12-8-4-3-5-9-12)19(24)21-17(20-18)13-10-6-7-11-14(13)25-2/h6-7,10-12H,3-5,8-9H2,1-2H3,(H,20,21,24). The number of para-hydroxylation sites is 1. The van der Waals surface area contributed by atoms with Gasteiger partial charge in [-0.1, -0.05) is 31.4 Å². The summed E-state index contributed by atoms with van der Waals surface area (Å²) in [7, 11) is 3.47. The number of fused-ring (bicyclic) bond motifs is 1. The monoisotopic (exact) mass is 338 g/mol. The highest BCUT2D eigenvalue weighted by Crippen LogP contribution is 2.35. The van der Waals surface area contributed by atoms with Crippen LogP contribution >= 0.6 is 0 Å². The van der Waals surface area contributed by atoms with Crippen LogP contribution in [0.15, 0.2) is 29.1 Å². The largest absolute Gasteiger partial charge is 0.496 e. The van der Waals surface area contributed by atoms with Crippen molar-refractivity contribution < 1.29 is 4.74 Å². The van der Waals surface area contributed by atoms with Crippen LogP contribution in [-0.4, -0.2) is 26.9 Å². The zero-order valence-corrected chi connectivity index (χ0v) is 14.6. The average Bonchev–Trinajstić information content (AvgIpc) is 3.00. The lowest BCUT2D eigenvalue weighted by Crippen LogP contribution is -2.13. The summed E-state index contributed by atoms with van der Waals surface area (Å²) < 4.78 is 7.13. The fourth-order valence-corrected chi connectivity index (χ4v) is 3.81. The van der Waals surface area contributed by atoms with E-state index in [2.05, 4.69) is 10.1 Å². The summed E-state index contributed by atoms with van der Waals surface area (Å²) in [6.45, 7) is 0. The predicted octanol–water partition coefficient (Wildman–Crippen LogP) is 3.38. The Hall–Kier alpha value is -2.63. The van der Waals surface area contributed by atoms with Crippen molar-refractivity contribution in [3.8, 4) is 17.1 Å². The number of benzene rings is 1. The maximum absolute atomic E-state index is 12.9. The summed E-state index contributed by atoms with van der Waals surface area (Å²) in [5.74, 6) is 1.55. The molecule has 0 bridgehead atoms. The molecule has 1 saturated carbocycles. The van der Waals surface area contributed by atoms with Gasteiger partial charge in [-0.25, -0.2) is 9.67 Å². The van der Waals surface area contributed by atoms with Crippen LogP contribution in [0.3, 0.4) is 0 Å². The van der Waals surface area contributed by atoms with Gasteiger partial charge in [0, 0.05) is 13.0 Å². The maximum Gasteiger partial charge on any atom is 0.262 e. The Kier molecular flexibility index (Phi) is 4.03. The lowest BCUT2D eigenvalue weighted by Gasteiger charge is -2.19. The van der Waals surface area contributed by atoms with Crippen LogP contribution in [0.4, 0.5) is 0 Å². The van der Waals surface area contributed by atoms with Crippen molar-refractivity contribution in [2.45, 2.75) is 38.0 Å². The number of ether oxygens (including phenoxy) is 1. The first-order valence-corrected chi connectivity index (χ1v) is 8.79. The Labute approximate surface area is 145 Å². The van der Waals surface area contributed by atoms with Crippen LogP contribution in [0.25, 0.3) is 22.4 Å². The quantitative estimate of drug-likeness (QED) is 0.794. The Balaban J connectivity index is 1.89. The first kappa shape index (κ1) is 15.9. The predicted molar refractivity (Wildman–Crippen MR) is 96.9 cm³/mol. The molecule has 1 N–H and O–H groups in total. The van der Waals surface area contributed by atoms with Crippen LogP contribution in [0.1, 0.15) is 43.7 Å². The van der Waals surface area contributed by atoms with Crippen molar-refractivity contribution in [3.63, 3.8) is 0 Å². The number of nitrogens with one attached hydrogen (secondary N) is 1. The van der Waals surface area contributed by atoms with Gasteiger partial charge >= 0.3 is 0 Å². The number of nitrogens with zero attached hydrogens (tertiary/aromatic N) is 3. The van der Waals surface area contributed by atoms with Crippen molar-refractivity contribution in [2.24, 2.45) is 7.05 Å². The van der Waals surface area contributed by atoms with Crippen LogP contribution < -0.4 is 10.3 Å². The van der Waals surface area contributed by atoms with E-state index in [4.69, 9.17) is 9.72 Å². The number of H-pyrrole nitrogens is 1. The number of aryl methyl sites for hydroxylation is 1. The van der Waals surface area contributed by atoms with Crippen LogP contribution in [-0.2, 0) is 7.05 Å². The molecule has 0 unspecified atom stereocenters. The van der Waals surface area contributed by atoms with Gasteiger partial charge in [-0.3, -0.25) is 4.79 Å². The Morgan fingerprint density at radius 2 is 1.96 bits per heavy atom. The molecule has 1 aliphatic carbocycles. The number of methoxy groups -OCH3 is 1. The van der Waals surface area contributed by atoms with Crippen LogP contribution in [0.2, 0.25) is 0 Å². The third-order valence-electron chi connectivity index (χ3n) is 5.07. The van der Waals surface area contributed by atoms with E-state index in [0.29, 0.717) is 28.5 Å². The third-order valence-corrected chi connectivity index (χ3v) is 5.07. The van der Waals surface area contributed by atoms with E-state index in [1.807, 2.05) is 31.3 Å². The van der Waals surface area contributed by atoms with E-state index in [0.717, 1.165) is 24.1 Å². The van der Waals surface area contributed by atoms with E-state index >= 15 is 0 Å². The van der Waals surface area contributed by atoms with Gasteiger partial charge in [0.05, 0.1) is 18.4 Å². The minimum Gasteiger partial charge on any atom is -0.496 e. The molecule has 4 rings (SSSR count). The normalized spacial score (nSPS) is 15.6. The van der Waals surface area contributed by atoms with E-state index in [1.54, 1.807) is 11.8 Å². The molecule has 1 aromatic carbocycles. The summed E-state index contributed by atoms with van der Waals surface area (Å²) in [6, 6.07) is 7.54. The molecule has 6 nitrogen and oxygen atoms in total. The molecule has 2 heterocycles. The molecule has 0 radical (unpaired) electrons. The summed E-state index contributed by atoms with van der Waals surface area (Å²) in [4.78, 5) is 20.5. The lowest BCUT2D eigenvalue weighted by molar-refractivity contribution is 0.416. The first-order chi connectivity index (χ1) is 12.2. The molecule has 25 heavy (non-hydrogen) atoms. The Bertz CT molecular complexity index is 967. The van der Waals surface area contributed by atoms with Gasteiger partial charge in [-0.05, 0) is 25.0 Å². The summed E-state index contributed by atoms with van der Waals surface area (Å²) in [6.07, 6.45) is 5.87.